The van der Waals surface area contributed by atoms with Crippen LogP contribution in [0.4, 0.5) is 0 Å². The molecule has 1 aliphatic rings. The van der Waals surface area contributed by atoms with Crippen LogP contribution in [0.1, 0.15) is 6.92 Å². The number of rotatable bonds is 2. The molecule has 1 aliphatic heterocycles. The molecule has 98 valence electrons. The number of carbonyl (C=O) groups excluding carboxylic acids is 2. The summed E-state index contributed by atoms with van der Waals surface area (Å²) in [5.41, 5.74) is 1.72. The fraction of sp³-hybridized carbons (Fsp3) is 0.750. The van der Waals surface area contributed by atoms with Gasteiger partial charge in [0.05, 0.1) is 0 Å². The Hall–Kier alpha value is -0.800. The molecule has 0 spiro atoms. The highest BCUT2D eigenvalue weighted by molar-refractivity contribution is 8.01. The van der Waals surface area contributed by atoms with E-state index in [0.717, 1.165) is 4.90 Å². The van der Waals surface area contributed by atoms with Crippen LogP contribution >= 0.6 is 11.8 Å². The van der Waals surface area contributed by atoms with Crippen molar-refractivity contribution >= 4 is 33.4 Å². The first-order valence-electron chi connectivity index (χ1n) is 5.05. The highest BCUT2D eigenvalue weighted by Crippen LogP contribution is 2.21. The standard InChI is InChI=1S/C8H15N3O4S2/c1-2-17(14,15)6-5-16-4-3-11(6)8(13)7(12)10-9/h6H,2-5,9H2,1H3,(H,10,12). The van der Waals surface area contributed by atoms with E-state index in [2.05, 4.69) is 0 Å². The molecule has 3 N–H and O–H groups in total. The third-order valence-electron chi connectivity index (χ3n) is 2.49. The van der Waals surface area contributed by atoms with Crippen molar-refractivity contribution in [3.8, 4) is 0 Å². The van der Waals surface area contributed by atoms with Crippen molar-refractivity contribution < 1.29 is 18.0 Å². The van der Waals surface area contributed by atoms with Crippen molar-refractivity contribution in [3.63, 3.8) is 0 Å². The number of nitrogens with one attached hydrogen (secondary N) is 1. The van der Waals surface area contributed by atoms with Gasteiger partial charge < -0.3 is 4.90 Å². The Bertz CT molecular complexity index is 409. The summed E-state index contributed by atoms with van der Waals surface area (Å²) in [5.74, 6) is 3.82. The first-order valence-corrected chi connectivity index (χ1v) is 7.92. The molecule has 1 rings (SSSR count). The number of nitrogens with zero attached hydrogens (tertiary/aromatic N) is 1. The molecule has 1 fully saturated rings. The van der Waals surface area contributed by atoms with Gasteiger partial charge in [-0.05, 0) is 0 Å². The summed E-state index contributed by atoms with van der Waals surface area (Å²) in [6, 6.07) is 0. The molecule has 0 aromatic carbocycles. The lowest BCUT2D eigenvalue weighted by atomic mass is 10.4. The molecule has 2 amide bonds. The quantitative estimate of drug-likeness (QED) is 0.270. The monoisotopic (exact) mass is 281 g/mol. The number of carbonyl (C=O) groups is 2. The van der Waals surface area contributed by atoms with E-state index < -0.39 is 27.0 Å². The average molecular weight is 281 g/mol. The van der Waals surface area contributed by atoms with Crippen molar-refractivity contribution in [2.45, 2.75) is 12.3 Å². The van der Waals surface area contributed by atoms with Crippen molar-refractivity contribution in [2.24, 2.45) is 5.84 Å². The van der Waals surface area contributed by atoms with Gasteiger partial charge in [-0.3, -0.25) is 15.0 Å². The van der Waals surface area contributed by atoms with E-state index >= 15 is 0 Å². The molecule has 9 heteroatoms. The van der Waals surface area contributed by atoms with Gasteiger partial charge in [0.1, 0.15) is 5.37 Å². The molecule has 1 atom stereocenters. The van der Waals surface area contributed by atoms with Gasteiger partial charge in [-0.2, -0.15) is 11.8 Å². The molecule has 0 aliphatic carbocycles. The van der Waals surface area contributed by atoms with Gasteiger partial charge in [-0.1, -0.05) is 6.92 Å². The second-order valence-electron chi connectivity index (χ2n) is 3.45. The molecular weight excluding hydrogens is 266 g/mol. The first-order chi connectivity index (χ1) is 7.94. The van der Waals surface area contributed by atoms with Gasteiger partial charge in [0, 0.05) is 23.8 Å². The lowest BCUT2D eigenvalue weighted by molar-refractivity contribution is -0.146. The normalized spacial score (nSPS) is 21.1. The minimum atomic E-state index is -3.39. The molecule has 1 heterocycles. The van der Waals surface area contributed by atoms with Crippen molar-refractivity contribution in [2.75, 3.05) is 23.8 Å². The van der Waals surface area contributed by atoms with Crippen LogP contribution in [0.3, 0.4) is 0 Å². The van der Waals surface area contributed by atoms with E-state index in [-0.39, 0.29) is 12.3 Å². The summed E-state index contributed by atoms with van der Waals surface area (Å²) >= 11 is 1.45. The van der Waals surface area contributed by atoms with Crippen molar-refractivity contribution in [1.82, 2.24) is 10.3 Å². The summed E-state index contributed by atoms with van der Waals surface area (Å²) in [6.07, 6.45) is 0. The number of thioether (sulfide) groups is 1. The highest BCUT2D eigenvalue weighted by Gasteiger charge is 2.37. The van der Waals surface area contributed by atoms with Gasteiger partial charge in [0.2, 0.25) is 0 Å². The Morgan fingerprint density at radius 2 is 2.18 bits per heavy atom. The second-order valence-corrected chi connectivity index (χ2v) is 7.05. The molecule has 0 bridgehead atoms. The fourth-order valence-corrected chi connectivity index (χ4v) is 4.46. The van der Waals surface area contributed by atoms with E-state index in [9.17, 15) is 18.0 Å². The number of hydrogen-bond donors (Lipinski definition) is 2. The van der Waals surface area contributed by atoms with E-state index in [1.165, 1.54) is 18.7 Å². The van der Waals surface area contributed by atoms with Crippen molar-refractivity contribution in [1.29, 1.82) is 0 Å². The zero-order chi connectivity index (χ0) is 13.1. The number of amides is 2. The minimum absolute atomic E-state index is 0.0632. The van der Waals surface area contributed by atoms with Crippen LogP contribution in [0, 0.1) is 0 Å². The lowest BCUT2D eigenvalue weighted by Crippen LogP contribution is -2.55. The maximum atomic E-state index is 11.8. The summed E-state index contributed by atoms with van der Waals surface area (Å²) in [6.45, 7) is 1.75. The number of sulfone groups is 1. The lowest BCUT2D eigenvalue weighted by Gasteiger charge is -2.33. The van der Waals surface area contributed by atoms with Crippen LogP contribution in [0.25, 0.3) is 0 Å². The zero-order valence-corrected chi connectivity index (χ0v) is 11.0. The summed E-state index contributed by atoms with van der Waals surface area (Å²) in [4.78, 5) is 23.9. The second kappa shape index (κ2) is 5.69. The smallest absolute Gasteiger partial charge is 0.316 e. The maximum absolute atomic E-state index is 11.8. The minimum Gasteiger partial charge on any atom is -0.316 e. The van der Waals surface area contributed by atoms with E-state index in [0.29, 0.717) is 11.5 Å². The highest BCUT2D eigenvalue weighted by atomic mass is 32.2. The molecule has 1 saturated heterocycles. The molecule has 0 aromatic rings. The predicted octanol–water partition coefficient (Wildman–Crippen LogP) is -1.69. The average Bonchev–Trinajstić information content (AvgIpc) is 2.36. The molecule has 7 nitrogen and oxygen atoms in total. The largest absolute Gasteiger partial charge is 0.323 e. The Morgan fingerprint density at radius 1 is 1.53 bits per heavy atom. The third-order valence-corrected chi connectivity index (χ3v) is 5.78. The van der Waals surface area contributed by atoms with Crippen LogP contribution in [0.15, 0.2) is 0 Å². The number of hydrazine groups is 1. The number of nitrogens with two attached hydrogens (primary N) is 1. The van der Waals surface area contributed by atoms with Crippen molar-refractivity contribution in [3.05, 3.63) is 0 Å². The van der Waals surface area contributed by atoms with Gasteiger partial charge in [-0.25, -0.2) is 14.3 Å². The molecule has 0 radical (unpaired) electrons. The fourth-order valence-electron chi connectivity index (χ4n) is 1.50. The summed E-state index contributed by atoms with van der Waals surface area (Å²) in [5, 5.41) is -0.934. The van der Waals surface area contributed by atoms with Gasteiger partial charge in [0.15, 0.2) is 9.84 Å². The van der Waals surface area contributed by atoms with Gasteiger partial charge >= 0.3 is 11.8 Å². The first kappa shape index (κ1) is 14.3. The van der Waals surface area contributed by atoms with Crippen LogP contribution in [0.2, 0.25) is 0 Å². The van der Waals surface area contributed by atoms with E-state index in [1.807, 2.05) is 0 Å². The Kier molecular flexibility index (Phi) is 4.78. The van der Waals surface area contributed by atoms with Crippen LogP contribution in [0.5, 0.6) is 0 Å². The molecule has 1 unspecified atom stereocenters. The van der Waals surface area contributed by atoms with Crippen LogP contribution in [-0.4, -0.2) is 54.3 Å². The molecule has 17 heavy (non-hydrogen) atoms. The summed E-state index contributed by atoms with van der Waals surface area (Å²) < 4.78 is 23.6. The SMILES string of the molecule is CCS(=O)(=O)C1CSCCN1C(=O)C(=O)NN. The van der Waals surface area contributed by atoms with Gasteiger partial charge in [-0.15, -0.1) is 0 Å². The Balaban J connectivity index is 2.95. The topological polar surface area (TPSA) is 110 Å². The van der Waals surface area contributed by atoms with Crippen LogP contribution < -0.4 is 11.3 Å². The predicted molar refractivity (Wildman–Crippen MR) is 64.6 cm³/mol. The number of hydrogen-bond acceptors (Lipinski definition) is 6. The Morgan fingerprint density at radius 3 is 2.71 bits per heavy atom. The molecular formula is C8H15N3O4S2. The van der Waals surface area contributed by atoms with E-state index in [4.69, 9.17) is 5.84 Å². The van der Waals surface area contributed by atoms with E-state index in [1.54, 1.807) is 5.43 Å². The van der Waals surface area contributed by atoms with Crippen LogP contribution in [-0.2, 0) is 19.4 Å². The molecule has 0 saturated carbocycles. The zero-order valence-electron chi connectivity index (χ0n) is 9.38. The third kappa shape index (κ3) is 3.11. The molecule has 0 aromatic heterocycles. The van der Waals surface area contributed by atoms with Gasteiger partial charge in [0.25, 0.3) is 0 Å². The Labute approximate surface area is 104 Å². The maximum Gasteiger partial charge on any atom is 0.323 e. The summed E-state index contributed by atoms with van der Waals surface area (Å²) in [7, 11) is -3.39.